The highest BCUT2D eigenvalue weighted by molar-refractivity contribution is 5.36. The van der Waals surface area contributed by atoms with Gasteiger partial charge in [0.15, 0.2) is 0 Å². The lowest BCUT2D eigenvalue weighted by Crippen LogP contribution is -2.07. The molecule has 1 unspecified atom stereocenters. The molecule has 0 amide bonds. The number of aryl methyl sites for hydroxylation is 2. The molecule has 1 aromatic carbocycles. The van der Waals surface area contributed by atoms with Gasteiger partial charge in [0, 0.05) is 11.5 Å². The maximum atomic E-state index is 5.33. The highest BCUT2D eigenvalue weighted by Gasteiger charge is 2.22. The Morgan fingerprint density at radius 3 is 2.28 bits per heavy atom. The quantitative estimate of drug-likeness (QED) is 0.791. The molecule has 0 saturated heterocycles. The van der Waals surface area contributed by atoms with Crippen LogP contribution >= 0.6 is 0 Å². The summed E-state index contributed by atoms with van der Waals surface area (Å²) in [6.07, 6.45) is 1.12. The van der Waals surface area contributed by atoms with Crippen molar-refractivity contribution < 1.29 is 4.52 Å². The molecule has 0 aliphatic heterocycles. The minimum absolute atomic E-state index is 0.387. The molecule has 18 heavy (non-hydrogen) atoms. The normalized spacial score (nSPS) is 12.9. The first-order chi connectivity index (χ1) is 8.59. The maximum absolute atomic E-state index is 5.33. The van der Waals surface area contributed by atoms with Crippen molar-refractivity contribution in [2.24, 2.45) is 5.92 Å². The number of hydrogen-bond donors (Lipinski definition) is 0. The van der Waals surface area contributed by atoms with Gasteiger partial charge in [0.1, 0.15) is 5.76 Å². The SMILES string of the molecule is Cc1noc(C)c1C(CC(C)C)c1ccccc1. The molecule has 0 aliphatic rings. The predicted molar refractivity (Wildman–Crippen MR) is 73.7 cm³/mol. The standard InChI is InChI=1S/C16H21NO/c1-11(2)10-15(14-8-6-5-7-9-14)16-12(3)17-18-13(16)4/h5-9,11,15H,10H2,1-4H3. The Kier molecular flexibility index (Phi) is 3.85. The lowest BCUT2D eigenvalue weighted by atomic mass is 9.84. The van der Waals surface area contributed by atoms with Gasteiger partial charge in [-0.1, -0.05) is 49.3 Å². The Hall–Kier alpha value is -1.57. The molecule has 0 radical (unpaired) electrons. The molecule has 2 heteroatoms. The first-order valence-corrected chi connectivity index (χ1v) is 6.57. The number of aromatic nitrogens is 1. The molecule has 96 valence electrons. The van der Waals surface area contributed by atoms with E-state index in [1.807, 2.05) is 13.8 Å². The highest BCUT2D eigenvalue weighted by atomic mass is 16.5. The van der Waals surface area contributed by atoms with Crippen molar-refractivity contribution in [3.63, 3.8) is 0 Å². The van der Waals surface area contributed by atoms with Crippen LogP contribution in [0.25, 0.3) is 0 Å². The smallest absolute Gasteiger partial charge is 0.137 e. The summed E-state index contributed by atoms with van der Waals surface area (Å²) < 4.78 is 5.33. The molecule has 0 fully saturated rings. The summed E-state index contributed by atoms with van der Waals surface area (Å²) in [7, 11) is 0. The summed E-state index contributed by atoms with van der Waals surface area (Å²) in [4.78, 5) is 0. The van der Waals surface area contributed by atoms with Crippen molar-refractivity contribution in [2.75, 3.05) is 0 Å². The molecule has 0 spiro atoms. The maximum Gasteiger partial charge on any atom is 0.137 e. The van der Waals surface area contributed by atoms with E-state index in [1.165, 1.54) is 11.1 Å². The van der Waals surface area contributed by atoms with Crippen molar-refractivity contribution >= 4 is 0 Å². The van der Waals surface area contributed by atoms with E-state index in [2.05, 4.69) is 49.3 Å². The van der Waals surface area contributed by atoms with Crippen LogP contribution in [0, 0.1) is 19.8 Å². The van der Waals surface area contributed by atoms with Crippen LogP contribution in [0.3, 0.4) is 0 Å². The first kappa shape index (κ1) is 12.9. The van der Waals surface area contributed by atoms with Crippen molar-refractivity contribution in [2.45, 2.75) is 40.0 Å². The van der Waals surface area contributed by atoms with Crippen LogP contribution in [0.4, 0.5) is 0 Å². The highest BCUT2D eigenvalue weighted by Crippen LogP contribution is 2.34. The predicted octanol–water partition coefficient (Wildman–Crippen LogP) is 4.47. The molecule has 1 heterocycles. The van der Waals surface area contributed by atoms with E-state index in [-0.39, 0.29) is 0 Å². The molecule has 1 aromatic heterocycles. The van der Waals surface area contributed by atoms with Crippen LogP contribution in [-0.2, 0) is 0 Å². The van der Waals surface area contributed by atoms with E-state index in [0.29, 0.717) is 11.8 Å². The minimum Gasteiger partial charge on any atom is -0.361 e. The van der Waals surface area contributed by atoms with Crippen LogP contribution in [-0.4, -0.2) is 5.16 Å². The summed E-state index contributed by atoms with van der Waals surface area (Å²) in [5.41, 5.74) is 3.62. The van der Waals surface area contributed by atoms with Crippen LogP contribution < -0.4 is 0 Å². The van der Waals surface area contributed by atoms with Gasteiger partial charge in [-0.25, -0.2) is 0 Å². The van der Waals surface area contributed by atoms with Gasteiger partial charge >= 0.3 is 0 Å². The molecular formula is C16H21NO. The monoisotopic (exact) mass is 243 g/mol. The number of nitrogens with zero attached hydrogens (tertiary/aromatic N) is 1. The van der Waals surface area contributed by atoms with Gasteiger partial charge in [-0.15, -0.1) is 0 Å². The lowest BCUT2D eigenvalue weighted by molar-refractivity contribution is 0.391. The van der Waals surface area contributed by atoms with Crippen LogP contribution in [0.1, 0.15) is 48.8 Å². The van der Waals surface area contributed by atoms with E-state index in [9.17, 15) is 0 Å². The Balaban J connectivity index is 2.44. The molecule has 0 aliphatic carbocycles. The molecule has 0 bridgehead atoms. The second-order valence-electron chi connectivity index (χ2n) is 5.33. The van der Waals surface area contributed by atoms with E-state index < -0.39 is 0 Å². The third-order valence-corrected chi connectivity index (χ3v) is 3.35. The fourth-order valence-corrected chi connectivity index (χ4v) is 2.56. The second kappa shape index (κ2) is 5.38. The lowest BCUT2D eigenvalue weighted by Gasteiger charge is -2.19. The average molecular weight is 243 g/mol. The zero-order chi connectivity index (χ0) is 13.1. The number of rotatable bonds is 4. The van der Waals surface area contributed by atoms with Gasteiger partial charge in [-0.05, 0) is 31.7 Å². The van der Waals surface area contributed by atoms with Gasteiger partial charge in [-0.2, -0.15) is 0 Å². The third-order valence-electron chi connectivity index (χ3n) is 3.35. The van der Waals surface area contributed by atoms with E-state index in [1.54, 1.807) is 0 Å². The summed E-state index contributed by atoms with van der Waals surface area (Å²) in [5.74, 6) is 1.98. The fourth-order valence-electron chi connectivity index (χ4n) is 2.56. The largest absolute Gasteiger partial charge is 0.361 e. The van der Waals surface area contributed by atoms with Gasteiger partial charge in [-0.3, -0.25) is 0 Å². The van der Waals surface area contributed by atoms with Crippen molar-refractivity contribution in [1.82, 2.24) is 5.16 Å². The number of hydrogen-bond acceptors (Lipinski definition) is 2. The molecule has 0 N–H and O–H groups in total. The van der Waals surface area contributed by atoms with Crippen molar-refractivity contribution in [3.8, 4) is 0 Å². The van der Waals surface area contributed by atoms with Gasteiger partial charge in [0.05, 0.1) is 5.69 Å². The first-order valence-electron chi connectivity index (χ1n) is 6.57. The Labute approximate surface area is 109 Å². The molecule has 0 saturated carbocycles. The van der Waals surface area contributed by atoms with E-state index in [0.717, 1.165) is 17.9 Å². The van der Waals surface area contributed by atoms with Gasteiger partial charge < -0.3 is 4.52 Å². The van der Waals surface area contributed by atoms with E-state index in [4.69, 9.17) is 4.52 Å². The Morgan fingerprint density at radius 2 is 1.78 bits per heavy atom. The summed E-state index contributed by atoms with van der Waals surface area (Å²) in [6.45, 7) is 8.55. The average Bonchev–Trinajstić information content (AvgIpc) is 2.67. The van der Waals surface area contributed by atoms with Crippen LogP contribution in [0.2, 0.25) is 0 Å². The van der Waals surface area contributed by atoms with Gasteiger partial charge in [0.2, 0.25) is 0 Å². The molecule has 2 aromatic rings. The molecule has 1 atom stereocenters. The van der Waals surface area contributed by atoms with Crippen LogP contribution in [0.15, 0.2) is 34.9 Å². The summed E-state index contributed by atoms with van der Waals surface area (Å²) in [5, 5.41) is 4.09. The van der Waals surface area contributed by atoms with Gasteiger partial charge in [0.25, 0.3) is 0 Å². The molecule has 2 rings (SSSR count). The summed E-state index contributed by atoms with van der Waals surface area (Å²) in [6, 6.07) is 10.6. The zero-order valence-corrected chi connectivity index (χ0v) is 11.6. The van der Waals surface area contributed by atoms with E-state index >= 15 is 0 Å². The summed E-state index contributed by atoms with van der Waals surface area (Å²) >= 11 is 0. The fraction of sp³-hybridized carbons (Fsp3) is 0.438. The molecular weight excluding hydrogens is 222 g/mol. The topological polar surface area (TPSA) is 26.0 Å². The zero-order valence-electron chi connectivity index (χ0n) is 11.6. The number of benzene rings is 1. The van der Waals surface area contributed by atoms with Crippen LogP contribution in [0.5, 0.6) is 0 Å². The Bertz CT molecular complexity index is 480. The van der Waals surface area contributed by atoms with Crippen molar-refractivity contribution in [1.29, 1.82) is 0 Å². The minimum atomic E-state index is 0.387. The second-order valence-corrected chi connectivity index (χ2v) is 5.33. The Morgan fingerprint density at radius 1 is 1.11 bits per heavy atom. The third kappa shape index (κ3) is 2.63. The molecule has 2 nitrogen and oxygen atoms in total. The van der Waals surface area contributed by atoms with Crippen molar-refractivity contribution in [3.05, 3.63) is 52.9 Å².